The highest BCUT2D eigenvalue weighted by Gasteiger charge is 2.29. The summed E-state index contributed by atoms with van der Waals surface area (Å²) in [5.41, 5.74) is 6.69. The lowest BCUT2D eigenvalue weighted by atomic mass is 9.99. The summed E-state index contributed by atoms with van der Waals surface area (Å²) in [4.78, 5) is 13.5. The van der Waals surface area contributed by atoms with Gasteiger partial charge in [0.25, 0.3) is 0 Å². The van der Waals surface area contributed by atoms with Gasteiger partial charge in [0.1, 0.15) is 5.82 Å². The summed E-state index contributed by atoms with van der Waals surface area (Å²) in [6.07, 6.45) is 4.03. The Hall–Kier alpha value is -1.36. The van der Waals surface area contributed by atoms with Crippen molar-refractivity contribution in [3.8, 4) is 0 Å². The molecule has 0 radical (unpaired) electrons. The fourth-order valence-electron chi connectivity index (χ4n) is 3.10. The van der Waals surface area contributed by atoms with Gasteiger partial charge in [-0.25, -0.2) is 4.98 Å². The largest absolute Gasteiger partial charge is 0.368 e. The van der Waals surface area contributed by atoms with Gasteiger partial charge in [-0.2, -0.15) is 4.98 Å². The van der Waals surface area contributed by atoms with E-state index in [0.29, 0.717) is 12.0 Å². The van der Waals surface area contributed by atoms with E-state index in [9.17, 15) is 0 Å². The maximum Gasteiger partial charge on any atom is 0.222 e. The number of aromatic nitrogens is 2. The molecule has 18 heavy (non-hydrogen) atoms. The van der Waals surface area contributed by atoms with Gasteiger partial charge in [-0.1, -0.05) is 6.42 Å². The van der Waals surface area contributed by atoms with E-state index in [0.717, 1.165) is 31.1 Å². The van der Waals surface area contributed by atoms with Crippen LogP contribution in [0, 0.1) is 6.92 Å². The normalized spacial score (nSPS) is 24.9. The smallest absolute Gasteiger partial charge is 0.222 e. The molecule has 1 unspecified atom stereocenters. The Morgan fingerprint density at radius 1 is 1.22 bits per heavy atom. The zero-order valence-corrected chi connectivity index (χ0v) is 11.0. The number of aryl methyl sites for hydroxylation is 1. The number of piperidine rings is 1. The SMILES string of the molecule is Cc1cc(N2CCN3CCCCC3C2)nc(N)n1. The second kappa shape index (κ2) is 4.72. The molecule has 5 nitrogen and oxygen atoms in total. The van der Waals surface area contributed by atoms with Gasteiger partial charge >= 0.3 is 0 Å². The number of hydrogen-bond donors (Lipinski definition) is 1. The first-order valence-electron chi connectivity index (χ1n) is 6.82. The van der Waals surface area contributed by atoms with E-state index in [1.165, 1.54) is 25.8 Å². The topological polar surface area (TPSA) is 58.3 Å². The van der Waals surface area contributed by atoms with Crippen molar-refractivity contribution in [3.05, 3.63) is 11.8 Å². The predicted octanol–water partition coefficient (Wildman–Crippen LogP) is 1.04. The van der Waals surface area contributed by atoms with E-state index >= 15 is 0 Å². The highest BCUT2D eigenvalue weighted by molar-refractivity contribution is 5.44. The summed E-state index contributed by atoms with van der Waals surface area (Å²) < 4.78 is 0. The first kappa shape index (κ1) is 11.7. The molecule has 0 bridgehead atoms. The van der Waals surface area contributed by atoms with E-state index in [1.54, 1.807) is 0 Å². The van der Waals surface area contributed by atoms with Gasteiger partial charge < -0.3 is 10.6 Å². The molecule has 0 aromatic carbocycles. The van der Waals surface area contributed by atoms with Crippen molar-refractivity contribution in [2.75, 3.05) is 36.8 Å². The lowest BCUT2D eigenvalue weighted by Crippen LogP contribution is -2.55. The second-order valence-electron chi connectivity index (χ2n) is 5.36. The molecule has 0 amide bonds. The quantitative estimate of drug-likeness (QED) is 0.803. The van der Waals surface area contributed by atoms with Crippen LogP contribution >= 0.6 is 0 Å². The van der Waals surface area contributed by atoms with Crippen LogP contribution in [-0.2, 0) is 0 Å². The first-order valence-corrected chi connectivity index (χ1v) is 6.82. The van der Waals surface area contributed by atoms with Crippen LogP contribution in [0.4, 0.5) is 11.8 Å². The van der Waals surface area contributed by atoms with E-state index in [2.05, 4.69) is 19.8 Å². The number of rotatable bonds is 1. The maximum absolute atomic E-state index is 5.74. The van der Waals surface area contributed by atoms with Crippen LogP contribution in [-0.4, -0.2) is 47.1 Å². The van der Waals surface area contributed by atoms with Crippen LogP contribution in [0.15, 0.2) is 6.07 Å². The van der Waals surface area contributed by atoms with Crippen molar-refractivity contribution in [2.45, 2.75) is 32.2 Å². The average Bonchev–Trinajstić information content (AvgIpc) is 2.37. The van der Waals surface area contributed by atoms with Gasteiger partial charge in [-0.05, 0) is 26.3 Å². The van der Waals surface area contributed by atoms with Gasteiger partial charge in [-0.15, -0.1) is 0 Å². The molecule has 0 aliphatic carbocycles. The zero-order chi connectivity index (χ0) is 12.5. The van der Waals surface area contributed by atoms with Crippen molar-refractivity contribution in [3.63, 3.8) is 0 Å². The Balaban J connectivity index is 1.76. The Kier molecular flexibility index (Phi) is 3.07. The number of nitrogen functional groups attached to an aromatic ring is 1. The summed E-state index contributed by atoms with van der Waals surface area (Å²) >= 11 is 0. The Morgan fingerprint density at radius 3 is 2.94 bits per heavy atom. The second-order valence-corrected chi connectivity index (χ2v) is 5.36. The van der Waals surface area contributed by atoms with Gasteiger partial charge in [0.15, 0.2) is 0 Å². The monoisotopic (exact) mass is 247 g/mol. The molecule has 2 fully saturated rings. The van der Waals surface area contributed by atoms with Crippen molar-refractivity contribution in [1.29, 1.82) is 0 Å². The van der Waals surface area contributed by atoms with Crippen molar-refractivity contribution in [2.24, 2.45) is 0 Å². The number of nitrogens with zero attached hydrogens (tertiary/aromatic N) is 4. The zero-order valence-electron chi connectivity index (χ0n) is 11.0. The third-order valence-corrected chi connectivity index (χ3v) is 4.02. The summed E-state index contributed by atoms with van der Waals surface area (Å²) in [5.74, 6) is 1.38. The predicted molar refractivity (Wildman–Crippen MR) is 72.6 cm³/mol. The summed E-state index contributed by atoms with van der Waals surface area (Å²) in [6, 6.07) is 2.73. The molecule has 98 valence electrons. The minimum Gasteiger partial charge on any atom is -0.368 e. The summed E-state index contributed by atoms with van der Waals surface area (Å²) in [6.45, 7) is 6.51. The van der Waals surface area contributed by atoms with Crippen LogP contribution in [0.25, 0.3) is 0 Å². The minimum absolute atomic E-state index is 0.385. The molecule has 2 saturated heterocycles. The molecular weight excluding hydrogens is 226 g/mol. The molecule has 2 aliphatic heterocycles. The van der Waals surface area contributed by atoms with Gasteiger partial charge in [0.2, 0.25) is 5.95 Å². The molecule has 1 aromatic heterocycles. The van der Waals surface area contributed by atoms with E-state index < -0.39 is 0 Å². The van der Waals surface area contributed by atoms with Crippen LogP contribution in [0.2, 0.25) is 0 Å². The van der Waals surface area contributed by atoms with Gasteiger partial charge in [0, 0.05) is 37.4 Å². The maximum atomic E-state index is 5.74. The third kappa shape index (κ3) is 2.27. The molecule has 0 saturated carbocycles. The minimum atomic E-state index is 0.385. The molecule has 3 rings (SSSR count). The number of fused-ring (bicyclic) bond motifs is 1. The van der Waals surface area contributed by atoms with Crippen LogP contribution in [0.3, 0.4) is 0 Å². The van der Waals surface area contributed by atoms with Gasteiger partial charge in [0.05, 0.1) is 0 Å². The van der Waals surface area contributed by atoms with E-state index in [-0.39, 0.29) is 0 Å². The Bertz CT molecular complexity index is 413. The molecule has 1 aromatic rings. The number of nitrogens with two attached hydrogens (primary N) is 1. The third-order valence-electron chi connectivity index (χ3n) is 4.02. The fraction of sp³-hybridized carbons (Fsp3) is 0.692. The molecule has 2 N–H and O–H groups in total. The highest BCUT2D eigenvalue weighted by atomic mass is 15.3. The molecule has 0 spiro atoms. The Labute approximate surface area is 108 Å². The van der Waals surface area contributed by atoms with Gasteiger partial charge in [-0.3, -0.25) is 4.90 Å². The van der Waals surface area contributed by atoms with Crippen LogP contribution < -0.4 is 10.6 Å². The van der Waals surface area contributed by atoms with Crippen LogP contribution in [0.1, 0.15) is 25.0 Å². The number of anilines is 2. The summed E-state index contributed by atoms with van der Waals surface area (Å²) in [5, 5.41) is 0. The van der Waals surface area contributed by atoms with E-state index in [4.69, 9.17) is 5.73 Å². The number of piperazine rings is 1. The molecule has 1 atom stereocenters. The Morgan fingerprint density at radius 2 is 2.11 bits per heavy atom. The van der Waals surface area contributed by atoms with Crippen molar-refractivity contribution < 1.29 is 0 Å². The molecular formula is C13H21N5. The first-order chi connectivity index (χ1) is 8.72. The number of hydrogen-bond acceptors (Lipinski definition) is 5. The molecule has 3 heterocycles. The lowest BCUT2D eigenvalue weighted by Gasteiger charge is -2.44. The summed E-state index contributed by atoms with van der Waals surface area (Å²) in [7, 11) is 0. The van der Waals surface area contributed by atoms with Crippen molar-refractivity contribution in [1.82, 2.24) is 14.9 Å². The standard InChI is InChI=1S/C13H21N5/c1-10-8-12(16-13(14)15-10)18-7-6-17-5-3-2-4-11(17)9-18/h8,11H,2-7,9H2,1H3,(H2,14,15,16). The lowest BCUT2D eigenvalue weighted by molar-refractivity contribution is 0.133. The average molecular weight is 247 g/mol. The molecule has 5 heteroatoms. The van der Waals surface area contributed by atoms with Crippen LogP contribution in [0.5, 0.6) is 0 Å². The highest BCUT2D eigenvalue weighted by Crippen LogP contribution is 2.24. The fourth-order valence-corrected chi connectivity index (χ4v) is 3.10. The molecule has 2 aliphatic rings. The van der Waals surface area contributed by atoms with E-state index in [1.807, 2.05) is 13.0 Å². The van der Waals surface area contributed by atoms with Crippen molar-refractivity contribution >= 4 is 11.8 Å².